The first-order chi connectivity index (χ1) is 6.59. The quantitative estimate of drug-likeness (QED) is 0.735. The Morgan fingerprint density at radius 1 is 1.50 bits per heavy atom. The molecule has 1 heterocycles. The van der Waals surface area contributed by atoms with E-state index in [1.54, 1.807) is 0 Å². The van der Waals surface area contributed by atoms with Gasteiger partial charge in [0.05, 0.1) is 12.2 Å². The van der Waals surface area contributed by atoms with Crippen molar-refractivity contribution < 1.29 is 4.79 Å². The Hall–Kier alpha value is -0.570. The molecule has 3 nitrogen and oxygen atoms in total. The van der Waals surface area contributed by atoms with Crippen LogP contribution in [0.15, 0.2) is 0 Å². The predicted octanol–water partition coefficient (Wildman–Crippen LogP) is 1.20. The highest BCUT2D eigenvalue weighted by Crippen LogP contribution is 2.36. The molecule has 1 aliphatic heterocycles. The molecule has 1 saturated carbocycles. The lowest BCUT2D eigenvalue weighted by Crippen LogP contribution is -2.36. The number of likely N-dealkylation sites (N-methyl/N-ethyl adjacent to an activating group) is 1. The molecule has 2 atom stereocenters. The average molecular weight is 196 g/mol. The number of nitrogens with zero attached hydrogens (tertiary/aromatic N) is 1. The second-order valence-corrected chi connectivity index (χ2v) is 5.08. The van der Waals surface area contributed by atoms with E-state index >= 15 is 0 Å². The van der Waals surface area contributed by atoms with E-state index in [-0.39, 0.29) is 11.9 Å². The topological polar surface area (TPSA) is 32.3 Å². The molecule has 2 unspecified atom stereocenters. The van der Waals surface area contributed by atoms with Crippen molar-refractivity contribution in [3.05, 3.63) is 0 Å². The monoisotopic (exact) mass is 196 g/mol. The summed E-state index contributed by atoms with van der Waals surface area (Å²) in [6, 6.07) is 0.0746. The summed E-state index contributed by atoms with van der Waals surface area (Å²) in [5, 5.41) is 3.46. The van der Waals surface area contributed by atoms with Gasteiger partial charge in [-0.3, -0.25) is 10.1 Å². The first kappa shape index (κ1) is 9.97. The zero-order valence-electron chi connectivity index (χ0n) is 9.29. The maximum Gasteiger partial charge on any atom is 0.240 e. The number of amides is 1. The van der Waals surface area contributed by atoms with Crippen molar-refractivity contribution in [2.75, 3.05) is 7.05 Å². The van der Waals surface area contributed by atoms with Crippen molar-refractivity contribution in [1.29, 1.82) is 0 Å². The normalized spacial score (nSPS) is 33.1. The first-order valence-electron chi connectivity index (χ1n) is 5.62. The Bertz CT molecular complexity index is 235. The maximum absolute atomic E-state index is 11.8. The Balaban J connectivity index is 1.97. The van der Waals surface area contributed by atoms with Gasteiger partial charge in [-0.05, 0) is 31.1 Å². The lowest BCUT2D eigenvalue weighted by Gasteiger charge is -2.18. The minimum atomic E-state index is 0.0746. The third-order valence-electron chi connectivity index (χ3n) is 3.21. The van der Waals surface area contributed by atoms with Crippen LogP contribution < -0.4 is 5.32 Å². The summed E-state index contributed by atoms with van der Waals surface area (Å²) < 4.78 is 0. The second kappa shape index (κ2) is 3.54. The molecular formula is C11H20N2O. The molecule has 0 aromatic rings. The Morgan fingerprint density at radius 2 is 2.14 bits per heavy atom. The van der Waals surface area contributed by atoms with Crippen molar-refractivity contribution in [1.82, 2.24) is 10.2 Å². The van der Waals surface area contributed by atoms with Crippen LogP contribution in [-0.4, -0.2) is 30.1 Å². The fourth-order valence-corrected chi connectivity index (χ4v) is 2.28. The van der Waals surface area contributed by atoms with Crippen molar-refractivity contribution in [3.63, 3.8) is 0 Å². The van der Waals surface area contributed by atoms with Crippen molar-refractivity contribution >= 4 is 5.91 Å². The van der Waals surface area contributed by atoms with E-state index in [0.29, 0.717) is 12.1 Å². The average Bonchev–Trinajstić information content (AvgIpc) is 2.88. The summed E-state index contributed by atoms with van der Waals surface area (Å²) >= 11 is 0. The summed E-state index contributed by atoms with van der Waals surface area (Å²) in [6.45, 7) is 4.33. The second-order valence-electron chi connectivity index (χ2n) is 5.08. The molecule has 1 N–H and O–H groups in total. The molecule has 14 heavy (non-hydrogen) atoms. The summed E-state index contributed by atoms with van der Waals surface area (Å²) in [4.78, 5) is 13.8. The summed E-state index contributed by atoms with van der Waals surface area (Å²) in [7, 11) is 1.93. The largest absolute Gasteiger partial charge is 0.329 e. The van der Waals surface area contributed by atoms with Crippen molar-refractivity contribution in [2.45, 2.75) is 45.3 Å². The number of hydrogen-bond donors (Lipinski definition) is 1. The minimum Gasteiger partial charge on any atom is -0.329 e. The van der Waals surface area contributed by atoms with E-state index in [9.17, 15) is 4.79 Å². The van der Waals surface area contributed by atoms with Crippen molar-refractivity contribution in [2.24, 2.45) is 11.8 Å². The number of carbonyl (C=O) groups excluding carboxylic acids is 1. The lowest BCUT2D eigenvalue weighted by atomic mass is 10.0. The summed E-state index contributed by atoms with van der Waals surface area (Å²) in [5.74, 6) is 1.60. The van der Waals surface area contributed by atoms with E-state index in [1.165, 1.54) is 12.8 Å². The van der Waals surface area contributed by atoms with E-state index in [2.05, 4.69) is 19.2 Å². The number of rotatable bonds is 3. The smallest absolute Gasteiger partial charge is 0.240 e. The molecule has 80 valence electrons. The van der Waals surface area contributed by atoms with Crippen LogP contribution in [0.5, 0.6) is 0 Å². The van der Waals surface area contributed by atoms with E-state index in [1.807, 2.05) is 11.9 Å². The zero-order chi connectivity index (χ0) is 10.3. The molecule has 0 spiro atoms. The highest BCUT2D eigenvalue weighted by molar-refractivity contribution is 5.84. The zero-order valence-corrected chi connectivity index (χ0v) is 9.29. The molecule has 0 aromatic heterocycles. The molecule has 2 aliphatic rings. The van der Waals surface area contributed by atoms with Gasteiger partial charge in [0.15, 0.2) is 0 Å². The fourth-order valence-electron chi connectivity index (χ4n) is 2.28. The highest BCUT2D eigenvalue weighted by Gasteiger charge is 2.44. The van der Waals surface area contributed by atoms with Gasteiger partial charge in [-0.1, -0.05) is 13.8 Å². The third kappa shape index (κ3) is 1.78. The first-order valence-corrected chi connectivity index (χ1v) is 5.62. The van der Waals surface area contributed by atoms with Gasteiger partial charge in [0.2, 0.25) is 5.91 Å². The number of carbonyl (C=O) groups is 1. The van der Waals surface area contributed by atoms with Gasteiger partial charge >= 0.3 is 0 Å². The molecule has 1 amide bonds. The van der Waals surface area contributed by atoms with Crippen LogP contribution in [-0.2, 0) is 4.79 Å². The SMILES string of the molecule is CC(C)CC1NC(C2CC2)N(C)C1=O. The van der Waals surface area contributed by atoms with Crippen LogP contribution in [0.25, 0.3) is 0 Å². The molecule has 1 aliphatic carbocycles. The van der Waals surface area contributed by atoms with Crippen LogP contribution in [0.2, 0.25) is 0 Å². The van der Waals surface area contributed by atoms with Crippen LogP contribution >= 0.6 is 0 Å². The van der Waals surface area contributed by atoms with E-state index in [4.69, 9.17) is 0 Å². The van der Waals surface area contributed by atoms with Crippen molar-refractivity contribution in [3.8, 4) is 0 Å². The third-order valence-corrected chi connectivity index (χ3v) is 3.21. The molecule has 1 saturated heterocycles. The Morgan fingerprint density at radius 3 is 2.64 bits per heavy atom. The number of hydrogen-bond acceptors (Lipinski definition) is 2. The van der Waals surface area contributed by atoms with Gasteiger partial charge in [-0.2, -0.15) is 0 Å². The molecule has 0 radical (unpaired) electrons. The van der Waals surface area contributed by atoms with Gasteiger partial charge in [0.25, 0.3) is 0 Å². The molecule has 2 rings (SSSR count). The van der Waals surface area contributed by atoms with Gasteiger partial charge in [0.1, 0.15) is 0 Å². The van der Waals surface area contributed by atoms with Crippen LogP contribution in [0.4, 0.5) is 0 Å². The highest BCUT2D eigenvalue weighted by atomic mass is 16.2. The molecule has 2 fully saturated rings. The summed E-state index contributed by atoms with van der Waals surface area (Å²) in [5.41, 5.74) is 0. The van der Waals surface area contributed by atoms with E-state index < -0.39 is 0 Å². The minimum absolute atomic E-state index is 0.0746. The lowest BCUT2D eigenvalue weighted by molar-refractivity contribution is -0.129. The molecule has 3 heteroatoms. The van der Waals surface area contributed by atoms with Gasteiger partial charge in [-0.25, -0.2) is 0 Å². The van der Waals surface area contributed by atoms with E-state index in [0.717, 1.165) is 12.3 Å². The van der Waals surface area contributed by atoms with Crippen LogP contribution in [0.1, 0.15) is 33.1 Å². The van der Waals surface area contributed by atoms with Gasteiger partial charge in [-0.15, -0.1) is 0 Å². The maximum atomic E-state index is 11.8. The Labute approximate surface area is 85.8 Å². The standard InChI is InChI=1S/C11H20N2O/c1-7(2)6-9-11(14)13(3)10(12-9)8-4-5-8/h7-10,12H,4-6H2,1-3H3. The molecular weight excluding hydrogens is 176 g/mol. The molecule has 0 bridgehead atoms. The van der Waals surface area contributed by atoms with Crippen LogP contribution in [0, 0.1) is 11.8 Å². The summed E-state index contributed by atoms with van der Waals surface area (Å²) in [6.07, 6.45) is 3.85. The van der Waals surface area contributed by atoms with Gasteiger partial charge < -0.3 is 4.90 Å². The van der Waals surface area contributed by atoms with Gasteiger partial charge in [0, 0.05) is 7.05 Å². The molecule has 0 aromatic carbocycles. The Kier molecular flexibility index (Phi) is 2.52. The fraction of sp³-hybridized carbons (Fsp3) is 0.909. The van der Waals surface area contributed by atoms with Crippen LogP contribution in [0.3, 0.4) is 0 Å². The number of nitrogens with one attached hydrogen (secondary N) is 1. The predicted molar refractivity (Wildman–Crippen MR) is 55.7 cm³/mol.